The van der Waals surface area contributed by atoms with Gasteiger partial charge in [-0.05, 0) is 66.9 Å². The van der Waals surface area contributed by atoms with E-state index in [2.05, 4.69) is 17.1 Å². The summed E-state index contributed by atoms with van der Waals surface area (Å²) in [5.74, 6) is 1.83. The smallest absolute Gasteiger partial charge is 0.273 e. The molecule has 1 aliphatic heterocycles. The van der Waals surface area contributed by atoms with E-state index < -0.39 is 6.04 Å². The van der Waals surface area contributed by atoms with E-state index >= 15 is 0 Å². The molecule has 0 saturated carbocycles. The van der Waals surface area contributed by atoms with Crippen molar-refractivity contribution in [1.29, 1.82) is 0 Å². The van der Waals surface area contributed by atoms with Gasteiger partial charge < -0.3 is 24.2 Å². The third-order valence-electron chi connectivity index (χ3n) is 6.93. The number of carbonyl (C=O) groups excluding carboxylic acids is 1. The SMILES string of the molecule is CCCCOc1ccc(C2c3c(-c4cc(Cl)ccc4O)n[nH]c3C(=O)N2Cc2ccc(OC)cc2)cc1OCC. The Kier molecular flexibility index (Phi) is 8.16. The number of methoxy groups -OCH3 is 1. The zero-order valence-corrected chi connectivity index (χ0v) is 23.5. The van der Waals surface area contributed by atoms with Gasteiger partial charge >= 0.3 is 0 Å². The van der Waals surface area contributed by atoms with Crippen molar-refractivity contribution < 1.29 is 24.1 Å². The van der Waals surface area contributed by atoms with Crippen molar-refractivity contribution in [2.24, 2.45) is 0 Å². The third kappa shape index (κ3) is 5.31. The number of aromatic hydroxyl groups is 1. The number of H-pyrrole nitrogens is 1. The number of ether oxygens (including phenoxy) is 3. The van der Waals surface area contributed by atoms with Gasteiger partial charge in [0.15, 0.2) is 11.5 Å². The second kappa shape index (κ2) is 11.9. The summed E-state index contributed by atoms with van der Waals surface area (Å²) in [5.41, 5.74) is 3.71. The summed E-state index contributed by atoms with van der Waals surface area (Å²) in [6.45, 7) is 5.43. The van der Waals surface area contributed by atoms with Crippen molar-refractivity contribution >= 4 is 17.5 Å². The van der Waals surface area contributed by atoms with Crippen LogP contribution in [0, 0.1) is 0 Å². The number of fused-ring (bicyclic) bond motifs is 1. The van der Waals surface area contributed by atoms with Crippen LogP contribution < -0.4 is 14.2 Å². The Balaban J connectivity index is 1.62. The van der Waals surface area contributed by atoms with Crippen molar-refractivity contribution in [2.45, 2.75) is 39.3 Å². The predicted octanol–water partition coefficient (Wildman–Crippen LogP) is 6.77. The monoisotopic (exact) mass is 561 g/mol. The number of carbonyl (C=O) groups is 1. The molecular weight excluding hydrogens is 530 g/mol. The molecular formula is C31H32ClN3O5. The van der Waals surface area contributed by atoms with Crippen molar-refractivity contribution in [3.63, 3.8) is 0 Å². The first kappa shape index (κ1) is 27.4. The lowest BCUT2D eigenvalue weighted by molar-refractivity contribution is 0.0729. The fourth-order valence-electron chi connectivity index (χ4n) is 4.95. The van der Waals surface area contributed by atoms with E-state index in [1.807, 2.05) is 49.4 Å². The summed E-state index contributed by atoms with van der Waals surface area (Å²) in [5, 5.41) is 18.5. The van der Waals surface area contributed by atoms with Gasteiger partial charge in [-0.3, -0.25) is 9.89 Å². The number of nitrogens with zero attached hydrogens (tertiary/aromatic N) is 2. The Hall–Kier alpha value is -4.17. The molecule has 1 amide bonds. The summed E-state index contributed by atoms with van der Waals surface area (Å²) in [6.07, 6.45) is 1.96. The minimum Gasteiger partial charge on any atom is -0.507 e. The van der Waals surface area contributed by atoms with Crippen molar-refractivity contribution in [2.75, 3.05) is 20.3 Å². The van der Waals surface area contributed by atoms with Gasteiger partial charge in [-0.15, -0.1) is 0 Å². The van der Waals surface area contributed by atoms with E-state index in [1.54, 1.807) is 24.1 Å². The number of nitrogens with one attached hydrogen (secondary N) is 1. The first-order chi connectivity index (χ1) is 19.4. The molecule has 9 heteroatoms. The van der Waals surface area contributed by atoms with Crippen LogP contribution in [0.1, 0.15) is 59.9 Å². The highest BCUT2D eigenvalue weighted by Crippen LogP contribution is 2.47. The number of rotatable bonds is 11. The molecule has 5 rings (SSSR count). The van der Waals surface area contributed by atoms with Gasteiger partial charge in [0.25, 0.3) is 5.91 Å². The number of amides is 1. The van der Waals surface area contributed by atoms with Gasteiger partial charge in [0.05, 0.1) is 26.4 Å². The number of phenols is 1. The van der Waals surface area contributed by atoms with Crippen molar-refractivity contribution in [3.05, 3.63) is 88.1 Å². The summed E-state index contributed by atoms with van der Waals surface area (Å²) >= 11 is 6.29. The van der Waals surface area contributed by atoms with Gasteiger partial charge in [0.2, 0.25) is 0 Å². The largest absolute Gasteiger partial charge is 0.507 e. The Morgan fingerprint density at radius 1 is 1.02 bits per heavy atom. The number of aromatic nitrogens is 2. The van der Waals surface area contributed by atoms with E-state index in [1.165, 1.54) is 6.07 Å². The maximum Gasteiger partial charge on any atom is 0.273 e. The van der Waals surface area contributed by atoms with Crippen LogP contribution in [0.25, 0.3) is 11.3 Å². The maximum atomic E-state index is 13.8. The van der Waals surface area contributed by atoms with Crippen LogP contribution in [0.15, 0.2) is 60.7 Å². The zero-order chi connectivity index (χ0) is 28.2. The molecule has 0 aliphatic carbocycles. The molecule has 0 saturated heterocycles. The Morgan fingerprint density at radius 3 is 2.55 bits per heavy atom. The molecule has 1 aromatic heterocycles. The van der Waals surface area contributed by atoms with Gasteiger partial charge in [0.1, 0.15) is 22.9 Å². The highest BCUT2D eigenvalue weighted by molar-refractivity contribution is 6.31. The van der Waals surface area contributed by atoms with Crippen LogP contribution in [-0.4, -0.2) is 46.4 Å². The van der Waals surface area contributed by atoms with Crippen LogP contribution in [0.3, 0.4) is 0 Å². The molecule has 2 heterocycles. The summed E-state index contributed by atoms with van der Waals surface area (Å²) in [6, 6.07) is 17.7. The number of phenolic OH excluding ortho intramolecular Hbond substituents is 1. The molecule has 0 bridgehead atoms. The van der Waals surface area contributed by atoms with Gasteiger partial charge in [0, 0.05) is 22.7 Å². The number of halogens is 1. The molecule has 8 nitrogen and oxygen atoms in total. The van der Waals surface area contributed by atoms with E-state index in [4.69, 9.17) is 25.8 Å². The van der Waals surface area contributed by atoms with Crippen molar-refractivity contribution in [3.8, 4) is 34.3 Å². The standard InChI is InChI=1S/C31H32ClN3O5/c1-4-6-15-40-25-14-9-20(16-26(25)39-5-2)30-27-28(23-17-21(32)10-13-24(23)36)33-34-29(27)31(37)35(30)18-19-7-11-22(38-3)12-8-19/h7-14,16-17,30,36H,4-6,15,18H2,1-3H3,(H,33,34). The maximum absolute atomic E-state index is 13.8. The third-order valence-corrected chi connectivity index (χ3v) is 7.16. The number of benzene rings is 3. The summed E-state index contributed by atoms with van der Waals surface area (Å²) in [4.78, 5) is 15.6. The number of hydrogen-bond acceptors (Lipinski definition) is 6. The van der Waals surface area contributed by atoms with Crippen LogP contribution >= 0.6 is 11.6 Å². The molecule has 0 spiro atoms. The molecule has 1 unspecified atom stereocenters. The Labute approximate surface area is 238 Å². The van der Waals surface area contributed by atoms with Crippen LogP contribution in [0.2, 0.25) is 5.02 Å². The number of unbranched alkanes of at least 4 members (excludes halogenated alkanes) is 1. The minimum atomic E-state index is -0.513. The number of aromatic amines is 1. The lowest BCUT2D eigenvalue weighted by Crippen LogP contribution is -2.29. The molecule has 4 aromatic rings. The molecule has 0 fully saturated rings. The first-order valence-electron chi connectivity index (χ1n) is 13.4. The highest BCUT2D eigenvalue weighted by atomic mass is 35.5. The Morgan fingerprint density at radius 2 is 1.82 bits per heavy atom. The molecule has 208 valence electrons. The van der Waals surface area contributed by atoms with Crippen molar-refractivity contribution in [1.82, 2.24) is 15.1 Å². The fourth-order valence-corrected chi connectivity index (χ4v) is 5.12. The molecule has 1 aliphatic rings. The van der Waals surface area contributed by atoms with E-state index in [-0.39, 0.29) is 11.7 Å². The fraction of sp³-hybridized carbons (Fsp3) is 0.290. The van der Waals surface area contributed by atoms with Crippen LogP contribution in [0.4, 0.5) is 0 Å². The first-order valence-corrected chi connectivity index (χ1v) is 13.7. The number of hydrogen-bond donors (Lipinski definition) is 2. The second-order valence-electron chi connectivity index (χ2n) is 9.55. The summed E-state index contributed by atoms with van der Waals surface area (Å²) in [7, 11) is 1.62. The zero-order valence-electron chi connectivity index (χ0n) is 22.7. The lowest BCUT2D eigenvalue weighted by Gasteiger charge is -2.27. The van der Waals surface area contributed by atoms with Crippen LogP contribution in [0.5, 0.6) is 23.0 Å². The normalized spacial score (nSPS) is 14.3. The average molecular weight is 562 g/mol. The van der Waals surface area contributed by atoms with Gasteiger partial charge in [-0.25, -0.2) is 0 Å². The topological polar surface area (TPSA) is 96.9 Å². The second-order valence-corrected chi connectivity index (χ2v) is 9.98. The molecule has 40 heavy (non-hydrogen) atoms. The van der Waals surface area contributed by atoms with E-state index in [9.17, 15) is 9.90 Å². The van der Waals surface area contributed by atoms with E-state index in [0.717, 1.165) is 29.7 Å². The average Bonchev–Trinajstić information content (AvgIpc) is 3.50. The molecule has 2 N–H and O–H groups in total. The molecule has 0 radical (unpaired) electrons. The molecule has 1 atom stereocenters. The van der Waals surface area contributed by atoms with E-state index in [0.29, 0.717) is 58.8 Å². The summed E-state index contributed by atoms with van der Waals surface area (Å²) < 4.78 is 17.3. The predicted molar refractivity (Wildman–Crippen MR) is 153 cm³/mol. The quantitative estimate of drug-likeness (QED) is 0.196. The highest BCUT2D eigenvalue weighted by Gasteiger charge is 2.43. The minimum absolute atomic E-state index is 0.0215. The van der Waals surface area contributed by atoms with Gasteiger partial charge in [-0.1, -0.05) is 43.1 Å². The van der Waals surface area contributed by atoms with Gasteiger partial charge in [-0.2, -0.15) is 5.10 Å². The lowest BCUT2D eigenvalue weighted by atomic mass is 9.95. The molecule has 3 aromatic carbocycles. The Bertz CT molecular complexity index is 1500. The van der Waals surface area contributed by atoms with Crippen LogP contribution in [-0.2, 0) is 6.54 Å².